The molecule has 33 heavy (non-hydrogen) atoms. The number of hydrogen-bond donors (Lipinski definition) is 1. The summed E-state index contributed by atoms with van der Waals surface area (Å²) in [5.74, 6) is 1.89. The van der Waals surface area contributed by atoms with Crippen LogP contribution in [-0.4, -0.2) is 30.2 Å². The third kappa shape index (κ3) is 3.89. The Morgan fingerprint density at radius 1 is 0.818 bits per heavy atom. The van der Waals surface area contributed by atoms with Gasteiger partial charge in [-0.25, -0.2) is 4.79 Å². The van der Waals surface area contributed by atoms with E-state index >= 15 is 0 Å². The minimum Gasteiger partial charge on any atom is -0.497 e. The Labute approximate surface area is 190 Å². The molecular weight excluding hydrogens is 420 g/mol. The normalized spacial score (nSPS) is 12.5. The van der Waals surface area contributed by atoms with Crippen LogP contribution in [0, 0.1) is 0 Å². The zero-order chi connectivity index (χ0) is 22.9. The van der Waals surface area contributed by atoms with Crippen LogP contribution in [0.15, 0.2) is 71.7 Å². The smallest absolute Gasteiger partial charge is 0.415 e. The van der Waals surface area contributed by atoms with E-state index in [0.717, 1.165) is 33.4 Å². The number of fused-ring (bicyclic) bond motifs is 2. The second-order valence-electron chi connectivity index (χ2n) is 7.83. The SMILES string of the molecule is COc1ccc2c(c1)CN(C(=O)Oc1ccc(-c3c[nH]c(=O)c4ccc(OC)cc34)cc1)C2. The molecule has 0 fully saturated rings. The third-order valence-corrected chi connectivity index (χ3v) is 5.87. The minimum atomic E-state index is -0.405. The van der Waals surface area contributed by atoms with Crippen molar-refractivity contribution in [1.29, 1.82) is 0 Å². The van der Waals surface area contributed by atoms with Crippen LogP contribution in [0.1, 0.15) is 11.1 Å². The van der Waals surface area contributed by atoms with Crippen LogP contribution in [0.25, 0.3) is 21.9 Å². The molecule has 7 nitrogen and oxygen atoms in total. The highest BCUT2D eigenvalue weighted by atomic mass is 16.6. The Hall–Kier alpha value is -4.26. The predicted molar refractivity (Wildman–Crippen MR) is 125 cm³/mol. The van der Waals surface area contributed by atoms with Gasteiger partial charge in [0.2, 0.25) is 0 Å². The highest BCUT2D eigenvalue weighted by Crippen LogP contribution is 2.31. The van der Waals surface area contributed by atoms with Gasteiger partial charge in [0, 0.05) is 35.6 Å². The first-order valence-electron chi connectivity index (χ1n) is 10.5. The van der Waals surface area contributed by atoms with Gasteiger partial charge >= 0.3 is 6.09 Å². The number of benzene rings is 3. The van der Waals surface area contributed by atoms with Gasteiger partial charge in [0.1, 0.15) is 17.2 Å². The van der Waals surface area contributed by atoms with Crippen LogP contribution in [0.5, 0.6) is 17.2 Å². The molecule has 0 radical (unpaired) electrons. The first kappa shape index (κ1) is 20.6. The standard InChI is InChI=1S/C26H22N2O5/c1-31-20-8-5-17-14-28(15-18(17)11-20)26(30)33-19-6-3-16(4-7-19)24-13-27-25(29)22-10-9-21(32-2)12-23(22)24/h3-13H,14-15H2,1-2H3,(H,27,29). The molecule has 1 amide bonds. The zero-order valence-corrected chi connectivity index (χ0v) is 18.3. The summed E-state index contributed by atoms with van der Waals surface area (Å²) in [7, 11) is 3.21. The number of pyridine rings is 1. The second kappa shape index (κ2) is 8.35. The zero-order valence-electron chi connectivity index (χ0n) is 18.3. The van der Waals surface area contributed by atoms with Crippen molar-refractivity contribution in [3.8, 4) is 28.4 Å². The first-order chi connectivity index (χ1) is 16.1. The molecule has 2 heterocycles. The quantitative estimate of drug-likeness (QED) is 0.494. The molecule has 3 aromatic carbocycles. The average Bonchev–Trinajstić information content (AvgIpc) is 3.28. The summed E-state index contributed by atoms with van der Waals surface area (Å²) in [6.07, 6.45) is 1.28. The molecule has 5 rings (SSSR count). The van der Waals surface area contributed by atoms with Crippen LogP contribution in [0.3, 0.4) is 0 Å². The van der Waals surface area contributed by atoms with Crippen molar-refractivity contribution in [2.45, 2.75) is 13.1 Å². The fourth-order valence-corrected chi connectivity index (χ4v) is 4.10. The lowest BCUT2D eigenvalue weighted by molar-refractivity contribution is 0.152. The number of aromatic amines is 1. The fraction of sp³-hybridized carbons (Fsp3) is 0.154. The van der Waals surface area contributed by atoms with Crippen molar-refractivity contribution in [1.82, 2.24) is 9.88 Å². The molecular formula is C26H22N2O5. The van der Waals surface area contributed by atoms with Crippen LogP contribution >= 0.6 is 0 Å². The number of nitrogens with zero attached hydrogens (tertiary/aromatic N) is 1. The van der Waals surface area contributed by atoms with E-state index in [1.54, 1.807) is 49.6 Å². The number of methoxy groups -OCH3 is 2. The molecule has 7 heteroatoms. The molecule has 0 aliphatic carbocycles. The molecule has 0 saturated carbocycles. The lowest BCUT2D eigenvalue weighted by Gasteiger charge is -2.15. The van der Waals surface area contributed by atoms with Crippen LogP contribution in [0.4, 0.5) is 4.79 Å². The summed E-state index contributed by atoms with van der Waals surface area (Å²) in [4.78, 5) is 29.3. The largest absolute Gasteiger partial charge is 0.497 e. The van der Waals surface area contributed by atoms with Gasteiger partial charge in [-0.3, -0.25) is 9.69 Å². The van der Waals surface area contributed by atoms with E-state index in [2.05, 4.69) is 4.98 Å². The number of carbonyl (C=O) groups is 1. The summed E-state index contributed by atoms with van der Waals surface area (Å²) in [6.45, 7) is 0.982. The number of hydrogen-bond acceptors (Lipinski definition) is 5. The van der Waals surface area contributed by atoms with Crippen molar-refractivity contribution in [3.05, 3.63) is 88.3 Å². The van der Waals surface area contributed by atoms with Crippen molar-refractivity contribution < 1.29 is 19.0 Å². The molecule has 0 spiro atoms. The van der Waals surface area contributed by atoms with Gasteiger partial charge in [-0.2, -0.15) is 0 Å². The fourth-order valence-electron chi connectivity index (χ4n) is 4.10. The number of ether oxygens (including phenoxy) is 3. The van der Waals surface area contributed by atoms with Gasteiger partial charge in [-0.15, -0.1) is 0 Å². The number of carbonyl (C=O) groups excluding carboxylic acids is 1. The first-order valence-corrected chi connectivity index (χ1v) is 10.5. The highest BCUT2D eigenvalue weighted by molar-refractivity contribution is 5.96. The molecule has 0 unspecified atom stereocenters. The number of aromatic nitrogens is 1. The molecule has 1 aliphatic heterocycles. The molecule has 0 bridgehead atoms. The van der Waals surface area contributed by atoms with Crippen LogP contribution in [-0.2, 0) is 13.1 Å². The molecule has 166 valence electrons. The molecule has 0 atom stereocenters. The van der Waals surface area contributed by atoms with Crippen molar-refractivity contribution >= 4 is 16.9 Å². The summed E-state index contributed by atoms with van der Waals surface area (Å²) in [5.41, 5.74) is 3.71. The maximum absolute atomic E-state index is 12.7. The number of nitrogens with one attached hydrogen (secondary N) is 1. The Morgan fingerprint density at radius 3 is 2.24 bits per heavy atom. The van der Waals surface area contributed by atoms with Gasteiger partial charge in [-0.1, -0.05) is 18.2 Å². The molecule has 0 saturated heterocycles. The van der Waals surface area contributed by atoms with Gasteiger partial charge in [0.05, 0.1) is 14.2 Å². The molecule has 4 aromatic rings. The number of H-pyrrole nitrogens is 1. The van der Waals surface area contributed by atoms with Crippen LogP contribution in [0.2, 0.25) is 0 Å². The third-order valence-electron chi connectivity index (χ3n) is 5.87. The van der Waals surface area contributed by atoms with Gasteiger partial charge in [0.25, 0.3) is 5.56 Å². The Kier molecular flexibility index (Phi) is 5.22. The Balaban J connectivity index is 1.35. The molecule has 1 N–H and O–H groups in total. The Bertz CT molecular complexity index is 1410. The van der Waals surface area contributed by atoms with Crippen molar-refractivity contribution in [2.75, 3.05) is 14.2 Å². The monoisotopic (exact) mass is 442 g/mol. The number of rotatable bonds is 4. The van der Waals surface area contributed by atoms with E-state index in [4.69, 9.17) is 14.2 Å². The van der Waals surface area contributed by atoms with E-state index in [1.807, 2.05) is 36.4 Å². The average molecular weight is 442 g/mol. The summed E-state index contributed by atoms with van der Waals surface area (Å²) >= 11 is 0. The predicted octanol–water partition coefficient (Wildman–Crippen LogP) is 4.73. The Morgan fingerprint density at radius 2 is 1.48 bits per heavy atom. The highest BCUT2D eigenvalue weighted by Gasteiger charge is 2.25. The van der Waals surface area contributed by atoms with Gasteiger partial charge in [-0.05, 0) is 59.2 Å². The maximum atomic E-state index is 12.7. The second-order valence-corrected chi connectivity index (χ2v) is 7.83. The minimum absolute atomic E-state index is 0.161. The van der Waals surface area contributed by atoms with E-state index in [-0.39, 0.29) is 5.56 Å². The number of amides is 1. The summed E-state index contributed by atoms with van der Waals surface area (Å²) in [5, 5.41) is 1.36. The molecule has 1 aromatic heterocycles. The lowest BCUT2D eigenvalue weighted by atomic mass is 10.0. The maximum Gasteiger partial charge on any atom is 0.415 e. The lowest BCUT2D eigenvalue weighted by Crippen LogP contribution is -2.28. The van der Waals surface area contributed by atoms with E-state index in [9.17, 15) is 9.59 Å². The van der Waals surface area contributed by atoms with Gasteiger partial charge in [0.15, 0.2) is 0 Å². The van der Waals surface area contributed by atoms with Gasteiger partial charge < -0.3 is 19.2 Å². The molecule has 1 aliphatic rings. The van der Waals surface area contributed by atoms with Crippen molar-refractivity contribution in [3.63, 3.8) is 0 Å². The van der Waals surface area contributed by atoms with Crippen LogP contribution < -0.4 is 19.8 Å². The van der Waals surface area contributed by atoms with Crippen molar-refractivity contribution in [2.24, 2.45) is 0 Å². The van der Waals surface area contributed by atoms with E-state index in [0.29, 0.717) is 30.0 Å². The topological polar surface area (TPSA) is 80.9 Å². The summed E-state index contributed by atoms with van der Waals surface area (Å²) in [6, 6.07) is 18.4. The van der Waals surface area contributed by atoms with E-state index in [1.165, 1.54) is 0 Å². The van der Waals surface area contributed by atoms with E-state index < -0.39 is 6.09 Å². The summed E-state index contributed by atoms with van der Waals surface area (Å²) < 4.78 is 16.2.